The summed E-state index contributed by atoms with van der Waals surface area (Å²) in [6.45, 7) is 4.22. The van der Waals surface area contributed by atoms with Crippen molar-refractivity contribution in [1.82, 2.24) is 5.16 Å². The summed E-state index contributed by atoms with van der Waals surface area (Å²) in [5, 5.41) is 6.89. The summed E-state index contributed by atoms with van der Waals surface area (Å²) in [7, 11) is 0. The van der Waals surface area contributed by atoms with Crippen molar-refractivity contribution in [3.8, 4) is 22.8 Å². The molecule has 2 aromatic carbocycles. The Hall–Kier alpha value is -3.28. The Labute approximate surface area is 150 Å². The summed E-state index contributed by atoms with van der Waals surface area (Å²) in [6, 6.07) is 13.2. The van der Waals surface area contributed by atoms with Crippen LogP contribution in [0.2, 0.25) is 0 Å². The Morgan fingerprint density at radius 3 is 2.62 bits per heavy atom. The van der Waals surface area contributed by atoms with Gasteiger partial charge in [0.2, 0.25) is 12.7 Å². The average Bonchev–Trinajstić information content (AvgIpc) is 3.21. The summed E-state index contributed by atoms with van der Waals surface area (Å²) in [4.78, 5) is 12.3. The quantitative estimate of drug-likeness (QED) is 0.773. The second-order valence-corrected chi connectivity index (χ2v) is 6.35. The van der Waals surface area contributed by atoms with Gasteiger partial charge in [-0.1, -0.05) is 11.2 Å². The molecule has 0 atom stereocenters. The number of benzene rings is 2. The molecule has 1 aromatic heterocycles. The van der Waals surface area contributed by atoms with E-state index in [-0.39, 0.29) is 19.1 Å². The molecule has 0 unspecified atom stereocenters. The fourth-order valence-electron chi connectivity index (χ4n) is 3.00. The van der Waals surface area contributed by atoms with Crippen molar-refractivity contribution < 1.29 is 18.8 Å². The first-order valence-corrected chi connectivity index (χ1v) is 8.30. The lowest BCUT2D eigenvalue weighted by atomic mass is 10.1. The zero-order valence-electron chi connectivity index (χ0n) is 14.5. The molecule has 0 aliphatic carbocycles. The van der Waals surface area contributed by atoms with Gasteiger partial charge in [0, 0.05) is 17.3 Å². The van der Waals surface area contributed by atoms with Gasteiger partial charge in [-0.2, -0.15) is 0 Å². The van der Waals surface area contributed by atoms with E-state index in [9.17, 15) is 4.79 Å². The Morgan fingerprint density at radius 1 is 1.04 bits per heavy atom. The first kappa shape index (κ1) is 16.2. The maximum Gasteiger partial charge on any atom is 0.231 e. The van der Waals surface area contributed by atoms with Gasteiger partial charge in [-0.25, -0.2) is 0 Å². The van der Waals surface area contributed by atoms with Crippen LogP contribution in [0.25, 0.3) is 11.3 Å². The number of ether oxygens (including phenoxy) is 2. The Morgan fingerprint density at radius 2 is 1.81 bits per heavy atom. The number of nitrogens with zero attached hydrogens (tertiary/aromatic N) is 1. The smallest absolute Gasteiger partial charge is 0.231 e. The number of carbonyl (C=O) groups excluding carboxylic acids is 1. The van der Waals surface area contributed by atoms with Crippen molar-refractivity contribution >= 4 is 11.6 Å². The van der Waals surface area contributed by atoms with E-state index in [1.54, 1.807) is 6.07 Å². The van der Waals surface area contributed by atoms with E-state index in [2.05, 4.69) is 16.5 Å². The van der Waals surface area contributed by atoms with Gasteiger partial charge >= 0.3 is 0 Å². The highest BCUT2D eigenvalue weighted by Gasteiger charge is 2.16. The van der Waals surface area contributed by atoms with E-state index in [0.717, 1.165) is 22.4 Å². The minimum Gasteiger partial charge on any atom is -0.454 e. The van der Waals surface area contributed by atoms with Gasteiger partial charge in [0.25, 0.3) is 0 Å². The molecule has 1 aliphatic heterocycles. The molecule has 3 aromatic rings. The molecule has 1 amide bonds. The SMILES string of the molecule is Cc1cc(C)cc(NC(=O)Cc2cc(-c3ccc4c(c3)OCO4)on2)c1. The molecule has 0 fully saturated rings. The predicted octanol–water partition coefficient (Wildman–Crippen LogP) is 3.87. The van der Waals surface area contributed by atoms with Gasteiger partial charge < -0.3 is 19.3 Å². The standard InChI is InChI=1S/C20H18N2O4/c1-12-5-13(2)7-15(6-12)21-20(23)10-16-9-18(26-22-16)14-3-4-17-19(8-14)25-11-24-17/h3-9H,10-11H2,1-2H3,(H,21,23). The first-order valence-electron chi connectivity index (χ1n) is 8.30. The number of hydrogen-bond acceptors (Lipinski definition) is 5. The molecule has 0 saturated carbocycles. The van der Waals surface area contributed by atoms with Gasteiger partial charge in [-0.05, 0) is 55.3 Å². The third-order valence-corrected chi connectivity index (χ3v) is 4.06. The van der Waals surface area contributed by atoms with Crippen LogP contribution >= 0.6 is 0 Å². The minimum absolute atomic E-state index is 0.138. The summed E-state index contributed by atoms with van der Waals surface area (Å²) >= 11 is 0. The number of rotatable bonds is 4. The molecule has 0 radical (unpaired) electrons. The molecule has 1 aliphatic rings. The molecular weight excluding hydrogens is 332 g/mol. The van der Waals surface area contributed by atoms with Crippen molar-refractivity contribution in [2.45, 2.75) is 20.3 Å². The number of hydrogen-bond donors (Lipinski definition) is 1. The predicted molar refractivity (Wildman–Crippen MR) is 96.3 cm³/mol. The van der Waals surface area contributed by atoms with Crippen LogP contribution in [0.15, 0.2) is 47.0 Å². The van der Waals surface area contributed by atoms with Gasteiger partial charge in [0.05, 0.1) is 12.1 Å². The molecule has 6 nitrogen and oxygen atoms in total. The average molecular weight is 350 g/mol. The van der Waals surface area contributed by atoms with E-state index in [0.29, 0.717) is 23.0 Å². The largest absolute Gasteiger partial charge is 0.454 e. The van der Waals surface area contributed by atoms with Crippen LogP contribution in [0.5, 0.6) is 11.5 Å². The van der Waals surface area contributed by atoms with E-state index < -0.39 is 0 Å². The van der Waals surface area contributed by atoms with E-state index >= 15 is 0 Å². The third-order valence-electron chi connectivity index (χ3n) is 4.06. The van der Waals surface area contributed by atoms with E-state index in [1.165, 1.54) is 0 Å². The monoisotopic (exact) mass is 350 g/mol. The van der Waals surface area contributed by atoms with Crippen LogP contribution in [0.1, 0.15) is 16.8 Å². The van der Waals surface area contributed by atoms with Gasteiger partial charge in [-0.15, -0.1) is 0 Å². The molecule has 1 N–H and O–H groups in total. The highest BCUT2D eigenvalue weighted by atomic mass is 16.7. The highest BCUT2D eigenvalue weighted by Crippen LogP contribution is 2.36. The van der Waals surface area contributed by atoms with Gasteiger partial charge in [0.1, 0.15) is 0 Å². The fraction of sp³-hybridized carbons (Fsp3) is 0.200. The lowest BCUT2D eigenvalue weighted by Gasteiger charge is -2.06. The second-order valence-electron chi connectivity index (χ2n) is 6.35. The Kier molecular flexibility index (Phi) is 4.08. The number of anilines is 1. The molecule has 0 spiro atoms. The molecule has 0 bridgehead atoms. The first-order chi connectivity index (χ1) is 12.6. The number of amides is 1. The second kappa shape index (κ2) is 6.55. The molecular formula is C20H18N2O4. The topological polar surface area (TPSA) is 73.6 Å². The normalized spacial score (nSPS) is 12.2. The number of aromatic nitrogens is 1. The number of fused-ring (bicyclic) bond motifs is 1. The highest BCUT2D eigenvalue weighted by molar-refractivity contribution is 5.92. The van der Waals surface area contributed by atoms with Gasteiger partial charge in [0.15, 0.2) is 17.3 Å². The van der Waals surface area contributed by atoms with Crippen LogP contribution in [0.3, 0.4) is 0 Å². The van der Waals surface area contributed by atoms with Crippen molar-refractivity contribution in [1.29, 1.82) is 0 Å². The van der Waals surface area contributed by atoms with Crippen LogP contribution in [0.4, 0.5) is 5.69 Å². The molecule has 2 heterocycles. The van der Waals surface area contributed by atoms with E-state index in [1.807, 2.05) is 44.2 Å². The lowest BCUT2D eigenvalue weighted by Crippen LogP contribution is -2.14. The fourth-order valence-corrected chi connectivity index (χ4v) is 3.00. The molecule has 26 heavy (non-hydrogen) atoms. The van der Waals surface area contributed by atoms with Crippen LogP contribution in [0, 0.1) is 13.8 Å². The molecule has 6 heteroatoms. The van der Waals surface area contributed by atoms with E-state index in [4.69, 9.17) is 14.0 Å². The summed E-state index contributed by atoms with van der Waals surface area (Å²) in [6.07, 6.45) is 0.140. The van der Waals surface area contributed by atoms with Crippen LogP contribution in [-0.2, 0) is 11.2 Å². The lowest BCUT2D eigenvalue weighted by molar-refractivity contribution is -0.115. The number of nitrogens with one attached hydrogen (secondary N) is 1. The number of aryl methyl sites for hydroxylation is 2. The zero-order valence-corrected chi connectivity index (χ0v) is 14.5. The number of carbonyl (C=O) groups is 1. The van der Waals surface area contributed by atoms with Crippen molar-refractivity contribution in [3.05, 3.63) is 59.3 Å². The van der Waals surface area contributed by atoms with Crippen molar-refractivity contribution in [2.24, 2.45) is 0 Å². The maximum absolute atomic E-state index is 12.3. The summed E-state index contributed by atoms with van der Waals surface area (Å²) in [5.41, 5.74) is 4.38. The summed E-state index contributed by atoms with van der Waals surface area (Å²) in [5.74, 6) is 1.83. The Balaban J connectivity index is 1.45. The molecule has 4 rings (SSSR count). The maximum atomic E-state index is 12.3. The summed E-state index contributed by atoms with van der Waals surface area (Å²) < 4.78 is 16.0. The van der Waals surface area contributed by atoms with Gasteiger partial charge in [-0.3, -0.25) is 4.79 Å². The van der Waals surface area contributed by atoms with Crippen LogP contribution in [-0.4, -0.2) is 17.9 Å². The third kappa shape index (κ3) is 3.39. The van der Waals surface area contributed by atoms with Crippen LogP contribution < -0.4 is 14.8 Å². The molecule has 0 saturated heterocycles. The zero-order chi connectivity index (χ0) is 18.1. The Bertz CT molecular complexity index is 957. The van der Waals surface area contributed by atoms with Crippen molar-refractivity contribution in [3.63, 3.8) is 0 Å². The molecule has 132 valence electrons. The van der Waals surface area contributed by atoms with Crippen molar-refractivity contribution in [2.75, 3.05) is 12.1 Å². The minimum atomic E-state index is -0.138.